The molecule has 1 unspecified atom stereocenters. The molecular formula is C14H20F2N2O2. The average molecular weight is 286 g/mol. The van der Waals surface area contributed by atoms with E-state index in [1.165, 1.54) is 6.07 Å². The van der Waals surface area contributed by atoms with Gasteiger partial charge >= 0.3 is 0 Å². The highest BCUT2D eigenvalue weighted by atomic mass is 19.1. The minimum absolute atomic E-state index is 0.0977. The van der Waals surface area contributed by atoms with E-state index >= 15 is 0 Å². The quantitative estimate of drug-likeness (QED) is 0.717. The first kappa shape index (κ1) is 16.5. The number of benzene rings is 1. The number of amides is 1. The van der Waals surface area contributed by atoms with E-state index in [4.69, 9.17) is 5.11 Å². The number of hydrogen-bond acceptors (Lipinski definition) is 3. The van der Waals surface area contributed by atoms with Crippen molar-refractivity contribution in [3.8, 4) is 0 Å². The standard InChI is InChI=1S/C14H20F2N2O2/c1-9(2)6-10(8-19)17-7-13(20)18-14-11(15)4-3-5-12(14)16/h3-5,9-10,17,19H,6-8H2,1-2H3,(H,18,20). The number of halogens is 2. The van der Waals surface area contributed by atoms with Crippen LogP contribution in [0.15, 0.2) is 18.2 Å². The number of aliphatic hydroxyl groups is 1. The van der Waals surface area contributed by atoms with Crippen molar-refractivity contribution in [2.24, 2.45) is 5.92 Å². The molecule has 0 aromatic heterocycles. The molecule has 0 aliphatic heterocycles. The molecule has 1 amide bonds. The lowest BCUT2D eigenvalue weighted by atomic mass is 10.0. The molecule has 1 aromatic rings. The van der Waals surface area contributed by atoms with Crippen LogP contribution in [0.4, 0.5) is 14.5 Å². The van der Waals surface area contributed by atoms with Crippen LogP contribution in [0.5, 0.6) is 0 Å². The maximum atomic E-state index is 13.3. The maximum absolute atomic E-state index is 13.3. The summed E-state index contributed by atoms with van der Waals surface area (Å²) in [6.45, 7) is 3.78. The predicted molar refractivity (Wildman–Crippen MR) is 73.3 cm³/mol. The van der Waals surface area contributed by atoms with E-state index in [0.717, 1.165) is 12.1 Å². The molecule has 6 heteroatoms. The summed E-state index contributed by atoms with van der Waals surface area (Å²) in [5, 5.41) is 14.2. The van der Waals surface area contributed by atoms with E-state index in [9.17, 15) is 13.6 Å². The van der Waals surface area contributed by atoms with E-state index in [1.807, 2.05) is 13.8 Å². The van der Waals surface area contributed by atoms with Crippen LogP contribution >= 0.6 is 0 Å². The van der Waals surface area contributed by atoms with Crippen LogP contribution in [0.2, 0.25) is 0 Å². The highest BCUT2D eigenvalue weighted by molar-refractivity contribution is 5.92. The van der Waals surface area contributed by atoms with Crippen molar-refractivity contribution in [1.82, 2.24) is 5.32 Å². The van der Waals surface area contributed by atoms with Gasteiger partial charge in [-0.15, -0.1) is 0 Å². The highest BCUT2D eigenvalue weighted by Gasteiger charge is 2.14. The summed E-state index contributed by atoms with van der Waals surface area (Å²) in [6, 6.07) is 3.15. The summed E-state index contributed by atoms with van der Waals surface area (Å²) in [5.74, 6) is -1.83. The fourth-order valence-electron chi connectivity index (χ4n) is 1.83. The highest BCUT2D eigenvalue weighted by Crippen LogP contribution is 2.17. The number of rotatable bonds is 7. The van der Waals surface area contributed by atoms with Gasteiger partial charge in [0.2, 0.25) is 5.91 Å². The number of anilines is 1. The Hall–Kier alpha value is -1.53. The van der Waals surface area contributed by atoms with Crippen LogP contribution in [0.3, 0.4) is 0 Å². The van der Waals surface area contributed by atoms with E-state index < -0.39 is 23.2 Å². The molecule has 1 aromatic carbocycles. The predicted octanol–water partition coefficient (Wildman–Crippen LogP) is 1.90. The van der Waals surface area contributed by atoms with Crippen molar-refractivity contribution in [1.29, 1.82) is 0 Å². The van der Waals surface area contributed by atoms with E-state index in [1.54, 1.807) is 0 Å². The molecule has 3 N–H and O–H groups in total. The summed E-state index contributed by atoms with van der Waals surface area (Å²) < 4.78 is 26.7. The minimum atomic E-state index is -0.820. The van der Waals surface area contributed by atoms with E-state index in [0.29, 0.717) is 12.3 Å². The summed E-state index contributed by atoms with van der Waals surface area (Å²) in [4.78, 5) is 11.6. The molecule has 4 nitrogen and oxygen atoms in total. The van der Waals surface area contributed by atoms with Gasteiger partial charge in [0.25, 0.3) is 0 Å². The molecule has 0 bridgehead atoms. The minimum Gasteiger partial charge on any atom is -0.395 e. The van der Waals surface area contributed by atoms with Crippen LogP contribution in [0, 0.1) is 17.6 Å². The Labute approximate surface area is 117 Å². The maximum Gasteiger partial charge on any atom is 0.238 e. The Balaban J connectivity index is 2.51. The van der Waals surface area contributed by atoms with Gasteiger partial charge in [-0.1, -0.05) is 19.9 Å². The number of carbonyl (C=O) groups excluding carboxylic acids is 1. The van der Waals surface area contributed by atoms with Gasteiger partial charge in [-0.05, 0) is 24.5 Å². The smallest absolute Gasteiger partial charge is 0.238 e. The fourth-order valence-corrected chi connectivity index (χ4v) is 1.83. The van der Waals surface area contributed by atoms with Gasteiger partial charge in [-0.3, -0.25) is 4.79 Å². The number of aliphatic hydroxyl groups excluding tert-OH is 1. The van der Waals surface area contributed by atoms with Gasteiger partial charge in [-0.2, -0.15) is 0 Å². The third-order valence-corrected chi connectivity index (χ3v) is 2.75. The first-order valence-corrected chi connectivity index (χ1v) is 6.52. The Morgan fingerprint density at radius 2 is 1.90 bits per heavy atom. The van der Waals surface area contributed by atoms with E-state index in [-0.39, 0.29) is 19.2 Å². The molecule has 20 heavy (non-hydrogen) atoms. The van der Waals surface area contributed by atoms with Crippen LogP contribution in [-0.2, 0) is 4.79 Å². The molecule has 0 saturated heterocycles. The van der Waals surface area contributed by atoms with Gasteiger partial charge in [0.1, 0.15) is 17.3 Å². The van der Waals surface area contributed by atoms with Gasteiger partial charge in [0.15, 0.2) is 0 Å². The van der Waals surface area contributed by atoms with E-state index in [2.05, 4.69) is 10.6 Å². The van der Waals surface area contributed by atoms with Gasteiger partial charge < -0.3 is 15.7 Å². The molecule has 1 rings (SSSR count). The lowest BCUT2D eigenvalue weighted by Crippen LogP contribution is -2.39. The Kier molecular flexibility index (Phi) is 6.54. The lowest BCUT2D eigenvalue weighted by molar-refractivity contribution is -0.115. The molecule has 0 heterocycles. The molecular weight excluding hydrogens is 266 g/mol. The van der Waals surface area contributed by atoms with Crippen molar-refractivity contribution >= 4 is 11.6 Å². The number of hydrogen-bond donors (Lipinski definition) is 3. The topological polar surface area (TPSA) is 61.4 Å². The van der Waals surface area contributed by atoms with Crippen LogP contribution in [-0.4, -0.2) is 30.2 Å². The van der Waals surface area contributed by atoms with Crippen molar-refractivity contribution < 1.29 is 18.7 Å². The van der Waals surface area contributed by atoms with Gasteiger partial charge in [0.05, 0.1) is 13.2 Å². The zero-order chi connectivity index (χ0) is 15.1. The van der Waals surface area contributed by atoms with Crippen LogP contribution in [0.25, 0.3) is 0 Å². The first-order chi connectivity index (χ1) is 9.43. The van der Waals surface area contributed by atoms with Crippen LogP contribution in [0.1, 0.15) is 20.3 Å². The van der Waals surface area contributed by atoms with Crippen molar-refractivity contribution in [2.75, 3.05) is 18.5 Å². The molecule has 0 aliphatic rings. The Bertz CT molecular complexity index is 433. The molecule has 0 radical (unpaired) electrons. The normalized spacial score (nSPS) is 12.5. The molecule has 0 aliphatic carbocycles. The van der Waals surface area contributed by atoms with Gasteiger partial charge in [-0.25, -0.2) is 8.78 Å². The van der Waals surface area contributed by atoms with Crippen molar-refractivity contribution in [3.63, 3.8) is 0 Å². The molecule has 0 spiro atoms. The third kappa shape index (κ3) is 5.22. The zero-order valence-corrected chi connectivity index (χ0v) is 11.6. The zero-order valence-electron chi connectivity index (χ0n) is 11.6. The Morgan fingerprint density at radius 3 is 2.40 bits per heavy atom. The number of nitrogens with one attached hydrogen (secondary N) is 2. The summed E-state index contributed by atoms with van der Waals surface area (Å²) in [6.07, 6.45) is 0.706. The monoisotopic (exact) mass is 286 g/mol. The molecule has 0 saturated carbocycles. The van der Waals surface area contributed by atoms with Crippen LogP contribution < -0.4 is 10.6 Å². The second kappa shape index (κ2) is 7.91. The fraction of sp³-hybridized carbons (Fsp3) is 0.500. The molecule has 1 atom stereocenters. The Morgan fingerprint density at radius 1 is 1.30 bits per heavy atom. The molecule has 0 fully saturated rings. The summed E-state index contributed by atoms with van der Waals surface area (Å²) in [7, 11) is 0. The van der Waals surface area contributed by atoms with Gasteiger partial charge in [0, 0.05) is 6.04 Å². The SMILES string of the molecule is CC(C)CC(CO)NCC(=O)Nc1c(F)cccc1F. The average Bonchev–Trinajstić information content (AvgIpc) is 2.38. The number of carbonyl (C=O) groups is 1. The van der Waals surface area contributed by atoms with Crippen molar-refractivity contribution in [3.05, 3.63) is 29.8 Å². The lowest BCUT2D eigenvalue weighted by Gasteiger charge is -2.18. The molecule has 112 valence electrons. The second-order valence-electron chi connectivity index (χ2n) is 5.03. The third-order valence-electron chi connectivity index (χ3n) is 2.75. The summed E-state index contributed by atoms with van der Waals surface area (Å²) >= 11 is 0. The van der Waals surface area contributed by atoms with Crippen molar-refractivity contribution in [2.45, 2.75) is 26.3 Å². The largest absolute Gasteiger partial charge is 0.395 e. The first-order valence-electron chi connectivity index (χ1n) is 6.52. The summed E-state index contributed by atoms with van der Waals surface area (Å²) in [5.41, 5.74) is -0.455. The number of para-hydroxylation sites is 1. The second-order valence-corrected chi connectivity index (χ2v) is 5.03.